The number of pyridine rings is 1. The molecule has 1 aliphatic heterocycles. The van der Waals surface area contributed by atoms with Gasteiger partial charge in [0, 0.05) is 48.8 Å². The third-order valence-electron chi connectivity index (χ3n) is 4.73. The van der Waals surface area contributed by atoms with E-state index in [1.165, 1.54) is 6.20 Å². The van der Waals surface area contributed by atoms with Gasteiger partial charge in [0.05, 0.1) is 11.2 Å². The molecule has 140 valence electrons. The summed E-state index contributed by atoms with van der Waals surface area (Å²) in [5.41, 5.74) is 4.02. The minimum Gasteiger partial charge on any atom is -0.294 e. The fourth-order valence-electron chi connectivity index (χ4n) is 3.37. The summed E-state index contributed by atoms with van der Waals surface area (Å²) in [6.45, 7) is 3.64. The lowest BCUT2D eigenvalue weighted by molar-refractivity contribution is -0.145. The summed E-state index contributed by atoms with van der Waals surface area (Å²) in [4.78, 5) is 13.8. The zero-order valence-electron chi connectivity index (χ0n) is 14.5. The number of fused-ring (bicyclic) bond motifs is 2. The Bertz CT molecular complexity index is 1020. The van der Waals surface area contributed by atoms with E-state index in [4.69, 9.17) is 11.6 Å². The molecule has 4 rings (SSSR count). The van der Waals surface area contributed by atoms with E-state index in [9.17, 15) is 13.2 Å². The number of benzene rings is 1. The highest BCUT2D eigenvalue weighted by Gasteiger charge is 2.35. The van der Waals surface area contributed by atoms with E-state index in [-0.39, 0.29) is 0 Å². The van der Waals surface area contributed by atoms with E-state index < -0.39 is 12.0 Å². The molecule has 3 aromatic rings. The maximum atomic E-state index is 12.8. The molecular weight excluding hydrogens is 377 g/mol. The van der Waals surface area contributed by atoms with Crippen molar-refractivity contribution in [1.29, 1.82) is 0 Å². The molecule has 0 N–H and O–H groups in total. The Hall–Kier alpha value is -2.25. The van der Waals surface area contributed by atoms with Crippen LogP contribution < -0.4 is 0 Å². The highest BCUT2D eigenvalue weighted by Crippen LogP contribution is 2.29. The van der Waals surface area contributed by atoms with Gasteiger partial charge in [0.15, 0.2) is 0 Å². The number of aryl methyl sites for hydroxylation is 1. The molecule has 1 aromatic carbocycles. The Balaban J connectivity index is 1.57. The minimum absolute atomic E-state index is 0.443. The number of para-hydroxylation sites is 1. The van der Waals surface area contributed by atoms with Gasteiger partial charge in [0.1, 0.15) is 5.15 Å². The average Bonchev–Trinajstić information content (AvgIpc) is 2.62. The average molecular weight is 393 g/mol. The second kappa shape index (κ2) is 6.73. The molecule has 0 spiro atoms. The Labute approximate surface area is 159 Å². The van der Waals surface area contributed by atoms with Gasteiger partial charge in [0.25, 0.3) is 0 Å². The zero-order valence-corrected chi connectivity index (χ0v) is 15.3. The second-order valence-corrected chi connectivity index (χ2v) is 7.07. The van der Waals surface area contributed by atoms with Crippen LogP contribution in [0.2, 0.25) is 5.15 Å². The van der Waals surface area contributed by atoms with Crippen molar-refractivity contribution in [1.82, 2.24) is 19.9 Å². The van der Waals surface area contributed by atoms with Gasteiger partial charge in [-0.05, 0) is 18.6 Å². The summed E-state index contributed by atoms with van der Waals surface area (Å²) in [5.74, 6) is -1.08. The molecule has 0 atom stereocenters. The summed E-state index contributed by atoms with van der Waals surface area (Å²) in [5, 5.41) is 1.47. The molecule has 0 amide bonds. The molecule has 1 aliphatic rings. The number of hydrogen-bond donors (Lipinski definition) is 0. The van der Waals surface area contributed by atoms with Crippen LogP contribution in [0.3, 0.4) is 0 Å². The summed E-state index contributed by atoms with van der Waals surface area (Å²) in [6, 6.07) is 7.98. The van der Waals surface area contributed by atoms with Crippen LogP contribution in [-0.4, -0.2) is 26.4 Å². The molecule has 0 radical (unpaired) electrons. The van der Waals surface area contributed by atoms with Gasteiger partial charge in [-0.25, -0.2) is 15.0 Å². The minimum atomic E-state index is -4.52. The lowest BCUT2D eigenvalue weighted by Gasteiger charge is -2.28. The fraction of sp³-hybridized carbons (Fsp3) is 0.316. The smallest absolute Gasteiger partial charge is 0.294 e. The van der Waals surface area contributed by atoms with Crippen molar-refractivity contribution in [3.8, 4) is 0 Å². The van der Waals surface area contributed by atoms with Crippen molar-refractivity contribution >= 4 is 22.5 Å². The molecule has 8 heteroatoms. The van der Waals surface area contributed by atoms with E-state index in [1.54, 1.807) is 0 Å². The zero-order chi connectivity index (χ0) is 19.2. The van der Waals surface area contributed by atoms with E-state index in [0.29, 0.717) is 36.9 Å². The number of halogens is 4. The summed E-state index contributed by atoms with van der Waals surface area (Å²) >= 11 is 6.38. The van der Waals surface area contributed by atoms with Crippen molar-refractivity contribution in [3.63, 3.8) is 0 Å². The molecule has 0 saturated heterocycles. The van der Waals surface area contributed by atoms with Crippen molar-refractivity contribution < 1.29 is 13.2 Å². The summed E-state index contributed by atoms with van der Waals surface area (Å²) < 4.78 is 38.3. The van der Waals surface area contributed by atoms with Gasteiger partial charge in [-0.3, -0.25) is 4.90 Å². The van der Waals surface area contributed by atoms with Crippen molar-refractivity contribution in [2.24, 2.45) is 0 Å². The van der Waals surface area contributed by atoms with Gasteiger partial charge in [-0.2, -0.15) is 13.2 Å². The third kappa shape index (κ3) is 3.61. The van der Waals surface area contributed by atoms with Crippen LogP contribution in [0.5, 0.6) is 0 Å². The number of rotatable bonds is 2. The van der Waals surface area contributed by atoms with Crippen LogP contribution in [-0.2, 0) is 25.7 Å². The third-order valence-corrected chi connectivity index (χ3v) is 5.06. The molecule has 0 unspecified atom stereocenters. The number of alkyl halides is 3. The predicted octanol–water partition coefficient (Wildman–Crippen LogP) is 4.56. The van der Waals surface area contributed by atoms with Crippen LogP contribution in [0.1, 0.15) is 28.2 Å². The molecule has 0 saturated carbocycles. The normalized spacial score (nSPS) is 15.1. The van der Waals surface area contributed by atoms with Gasteiger partial charge < -0.3 is 0 Å². The molecule has 0 aliphatic carbocycles. The Morgan fingerprint density at radius 1 is 1.22 bits per heavy atom. The van der Waals surface area contributed by atoms with E-state index in [0.717, 1.165) is 27.6 Å². The SMILES string of the molecule is Cc1cccc2cc(CN3CCc4nc(C(F)(F)F)ncc4C3)c(Cl)nc12. The van der Waals surface area contributed by atoms with Crippen LogP contribution in [0.4, 0.5) is 13.2 Å². The first-order chi connectivity index (χ1) is 12.8. The fourth-order valence-corrected chi connectivity index (χ4v) is 3.56. The number of hydrogen-bond acceptors (Lipinski definition) is 4. The topological polar surface area (TPSA) is 41.9 Å². The molecule has 2 aromatic heterocycles. The quantitative estimate of drug-likeness (QED) is 0.599. The first-order valence-corrected chi connectivity index (χ1v) is 8.88. The van der Waals surface area contributed by atoms with Crippen molar-refractivity contribution in [3.05, 3.63) is 63.8 Å². The van der Waals surface area contributed by atoms with Gasteiger partial charge in [0.2, 0.25) is 5.82 Å². The lowest BCUT2D eigenvalue weighted by atomic mass is 10.1. The molecule has 0 bridgehead atoms. The summed E-state index contributed by atoms with van der Waals surface area (Å²) in [6.07, 6.45) is -2.80. The molecule has 4 nitrogen and oxygen atoms in total. The van der Waals surface area contributed by atoms with Gasteiger partial charge in [-0.1, -0.05) is 29.8 Å². The number of nitrogens with zero attached hydrogens (tertiary/aromatic N) is 4. The van der Waals surface area contributed by atoms with E-state index in [1.807, 2.05) is 31.2 Å². The maximum absolute atomic E-state index is 12.8. The monoisotopic (exact) mass is 392 g/mol. The molecule has 27 heavy (non-hydrogen) atoms. The van der Waals surface area contributed by atoms with Crippen molar-refractivity contribution in [2.75, 3.05) is 6.54 Å². The largest absolute Gasteiger partial charge is 0.451 e. The standard InChI is InChI=1S/C19H16ClF3N4/c1-11-3-2-4-12-7-13(17(20)26-16(11)12)9-27-6-5-15-14(10-27)8-24-18(25-15)19(21,22)23/h2-4,7-8H,5-6,9-10H2,1H3. The number of aromatic nitrogens is 3. The van der Waals surface area contributed by atoms with Gasteiger partial charge >= 0.3 is 6.18 Å². The van der Waals surface area contributed by atoms with Crippen LogP contribution in [0.25, 0.3) is 10.9 Å². The lowest BCUT2D eigenvalue weighted by Crippen LogP contribution is -2.31. The molecule has 0 fully saturated rings. The summed E-state index contributed by atoms with van der Waals surface area (Å²) in [7, 11) is 0. The Kier molecular flexibility index (Phi) is 4.52. The highest BCUT2D eigenvalue weighted by atomic mass is 35.5. The second-order valence-electron chi connectivity index (χ2n) is 6.71. The van der Waals surface area contributed by atoms with Gasteiger partial charge in [-0.15, -0.1) is 0 Å². The first-order valence-electron chi connectivity index (χ1n) is 8.50. The van der Waals surface area contributed by atoms with E-state index >= 15 is 0 Å². The van der Waals surface area contributed by atoms with E-state index in [2.05, 4.69) is 19.9 Å². The van der Waals surface area contributed by atoms with Crippen molar-refractivity contribution in [2.45, 2.75) is 32.6 Å². The van der Waals surface area contributed by atoms with Crippen LogP contribution >= 0.6 is 11.6 Å². The predicted molar refractivity (Wildman–Crippen MR) is 96.3 cm³/mol. The Morgan fingerprint density at radius 3 is 2.81 bits per heavy atom. The Morgan fingerprint density at radius 2 is 2.04 bits per heavy atom. The van der Waals surface area contributed by atoms with Crippen LogP contribution in [0.15, 0.2) is 30.5 Å². The highest BCUT2D eigenvalue weighted by molar-refractivity contribution is 6.30. The van der Waals surface area contributed by atoms with Crippen LogP contribution in [0, 0.1) is 6.92 Å². The molecule has 3 heterocycles. The maximum Gasteiger partial charge on any atom is 0.451 e. The molecular formula is C19H16ClF3N4. The first kappa shape index (κ1) is 18.1.